The van der Waals surface area contributed by atoms with Gasteiger partial charge >= 0.3 is 0 Å². The summed E-state index contributed by atoms with van der Waals surface area (Å²) in [5, 5.41) is 10.8. The number of benzene rings is 2. The van der Waals surface area contributed by atoms with Crippen LogP contribution in [0, 0.1) is 0 Å². The van der Waals surface area contributed by atoms with Crippen molar-refractivity contribution in [2.45, 2.75) is 6.10 Å². The van der Waals surface area contributed by atoms with E-state index in [4.69, 9.17) is 4.74 Å². The van der Waals surface area contributed by atoms with Crippen LogP contribution in [0.5, 0.6) is 11.5 Å². The molecule has 5 heteroatoms. The normalized spacial score (nSPS) is 11.5. The number of amides is 1. The minimum absolute atomic E-state index is 0.254. The van der Waals surface area contributed by atoms with E-state index >= 15 is 0 Å². The number of hydrogen-bond donors (Lipinski definition) is 1. The fourth-order valence-corrected chi connectivity index (χ4v) is 2.65. The van der Waals surface area contributed by atoms with Gasteiger partial charge in [-0.1, -0.05) is 36.9 Å². The van der Waals surface area contributed by atoms with Crippen LogP contribution in [0.3, 0.4) is 0 Å². The minimum atomic E-state index is -0.849. The molecule has 0 saturated heterocycles. The zero-order chi connectivity index (χ0) is 19.2. The van der Waals surface area contributed by atoms with Gasteiger partial charge in [-0.3, -0.25) is 9.78 Å². The summed E-state index contributed by atoms with van der Waals surface area (Å²) >= 11 is 0. The summed E-state index contributed by atoms with van der Waals surface area (Å²) in [5.74, 6) is 0.864. The fraction of sp³-hybridized carbons (Fsp3) is 0.0909. The van der Waals surface area contributed by atoms with Crippen LogP contribution in [-0.2, 0) is 4.79 Å². The number of nitrogens with zero attached hydrogens (tertiary/aromatic N) is 2. The second-order valence-corrected chi connectivity index (χ2v) is 5.96. The van der Waals surface area contributed by atoms with Gasteiger partial charge in [0.1, 0.15) is 17.6 Å². The summed E-state index contributed by atoms with van der Waals surface area (Å²) in [4.78, 5) is 17.4. The molecule has 2 aromatic carbocycles. The number of pyridine rings is 1. The molecule has 0 aliphatic heterocycles. The van der Waals surface area contributed by atoms with Crippen LogP contribution in [0.1, 0.15) is 17.2 Å². The van der Waals surface area contributed by atoms with Crippen molar-refractivity contribution in [3.63, 3.8) is 0 Å². The Morgan fingerprint density at radius 1 is 1.07 bits per heavy atom. The standard InChI is InChI=1S/C22H20N2O3/c1-3-21(25)24(2)18-13-17(22(26)16-7-5-4-6-8-16)14-20(15-18)27-19-9-11-23-12-10-19/h3-15,22,26H,1H2,2H3. The number of hydrogen-bond acceptors (Lipinski definition) is 4. The average molecular weight is 360 g/mol. The number of aliphatic hydroxyl groups excluding tert-OH is 1. The fourth-order valence-electron chi connectivity index (χ4n) is 2.65. The van der Waals surface area contributed by atoms with E-state index in [-0.39, 0.29) is 5.91 Å². The maximum atomic E-state index is 12.0. The Labute approximate surface area is 158 Å². The monoisotopic (exact) mass is 360 g/mol. The van der Waals surface area contributed by atoms with E-state index in [0.717, 1.165) is 5.56 Å². The Morgan fingerprint density at radius 2 is 1.78 bits per heavy atom. The maximum absolute atomic E-state index is 12.0. The molecule has 3 aromatic rings. The predicted octanol–water partition coefficient (Wildman–Crippen LogP) is 4.10. The Balaban J connectivity index is 2.02. The molecular weight excluding hydrogens is 340 g/mol. The smallest absolute Gasteiger partial charge is 0.250 e. The highest BCUT2D eigenvalue weighted by atomic mass is 16.5. The molecule has 0 radical (unpaired) electrons. The van der Waals surface area contributed by atoms with Crippen molar-refractivity contribution in [1.82, 2.24) is 4.98 Å². The summed E-state index contributed by atoms with van der Waals surface area (Å²) in [6, 6.07) is 18.0. The van der Waals surface area contributed by atoms with E-state index in [1.165, 1.54) is 11.0 Å². The molecular formula is C22H20N2O3. The molecule has 1 N–H and O–H groups in total. The molecule has 0 aliphatic rings. The van der Waals surface area contributed by atoms with Crippen LogP contribution in [0.15, 0.2) is 85.7 Å². The van der Waals surface area contributed by atoms with Gasteiger partial charge in [0, 0.05) is 31.2 Å². The first-order chi connectivity index (χ1) is 13.1. The quantitative estimate of drug-likeness (QED) is 0.672. The summed E-state index contributed by atoms with van der Waals surface area (Å²) < 4.78 is 5.89. The van der Waals surface area contributed by atoms with Crippen molar-refractivity contribution in [3.8, 4) is 11.5 Å². The van der Waals surface area contributed by atoms with Crippen molar-refractivity contribution in [2.75, 3.05) is 11.9 Å². The molecule has 0 bridgehead atoms. The number of carbonyl (C=O) groups excluding carboxylic acids is 1. The molecule has 0 aliphatic carbocycles. The van der Waals surface area contributed by atoms with E-state index in [9.17, 15) is 9.90 Å². The number of aliphatic hydroxyl groups is 1. The van der Waals surface area contributed by atoms with Crippen molar-refractivity contribution in [2.24, 2.45) is 0 Å². The van der Waals surface area contributed by atoms with Gasteiger partial charge in [0.15, 0.2) is 0 Å². The zero-order valence-corrected chi connectivity index (χ0v) is 14.9. The van der Waals surface area contributed by atoms with E-state index < -0.39 is 6.10 Å². The van der Waals surface area contributed by atoms with Gasteiger partial charge in [-0.15, -0.1) is 0 Å². The molecule has 5 nitrogen and oxygen atoms in total. The third-order valence-electron chi connectivity index (χ3n) is 4.12. The van der Waals surface area contributed by atoms with Gasteiger partial charge in [0.25, 0.3) is 0 Å². The molecule has 3 rings (SSSR count). The van der Waals surface area contributed by atoms with Gasteiger partial charge in [0.05, 0.1) is 0 Å². The Hall–Kier alpha value is -3.44. The molecule has 1 aromatic heterocycles. The number of carbonyl (C=O) groups is 1. The Kier molecular flexibility index (Phi) is 5.64. The van der Waals surface area contributed by atoms with Crippen LogP contribution >= 0.6 is 0 Å². The first kappa shape index (κ1) is 18.4. The summed E-state index contributed by atoms with van der Waals surface area (Å²) in [6.07, 6.45) is 3.65. The molecule has 136 valence electrons. The third-order valence-corrected chi connectivity index (χ3v) is 4.12. The van der Waals surface area contributed by atoms with Crippen LogP contribution in [0.4, 0.5) is 5.69 Å². The van der Waals surface area contributed by atoms with Gasteiger partial charge in [-0.2, -0.15) is 0 Å². The molecule has 1 unspecified atom stereocenters. The van der Waals surface area contributed by atoms with Crippen LogP contribution in [-0.4, -0.2) is 23.0 Å². The van der Waals surface area contributed by atoms with Crippen molar-refractivity contribution >= 4 is 11.6 Å². The van der Waals surface area contributed by atoms with E-state index in [1.54, 1.807) is 49.8 Å². The van der Waals surface area contributed by atoms with Crippen molar-refractivity contribution in [3.05, 3.63) is 96.8 Å². The van der Waals surface area contributed by atoms with Gasteiger partial charge in [0.2, 0.25) is 5.91 Å². The predicted molar refractivity (Wildman–Crippen MR) is 105 cm³/mol. The first-order valence-electron chi connectivity index (χ1n) is 8.44. The topological polar surface area (TPSA) is 62.7 Å². The van der Waals surface area contributed by atoms with Gasteiger partial charge in [-0.05, 0) is 41.5 Å². The highest BCUT2D eigenvalue weighted by molar-refractivity contribution is 6.00. The van der Waals surface area contributed by atoms with Gasteiger partial charge < -0.3 is 14.7 Å². The van der Waals surface area contributed by atoms with Crippen LogP contribution in [0.25, 0.3) is 0 Å². The zero-order valence-electron chi connectivity index (χ0n) is 14.9. The van der Waals surface area contributed by atoms with Crippen molar-refractivity contribution < 1.29 is 14.6 Å². The molecule has 0 spiro atoms. The van der Waals surface area contributed by atoms with E-state index in [2.05, 4.69) is 11.6 Å². The first-order valence-corrected chi connectivity index (χ1v) is 8.44. The van der Waals surface area contributed by atoms with Crippen molar-refractivity contribution in [1.29, 1.82) is 0 Å². The average Bonchev–Trinajstić information content (AvgIpc) is 2.73. The lowest BCUT2D eigenvalue weighted by atomic mass is 10.0. The lowest BCUT2D eigenvalue weighted by molar-refractivity contribution is -0.113. The third kappa shape index (κ3) is 4.40. The summed E-state index contributed by atoms with van der Waals surface area (Å²) in [5.41, 5.74) is 1.96. The molecule has 27 heavy (non-hydrogen) atoms. The summed E-state index contributed by atoms with van der Waals surface area (Å²) in [6.45, 7) is 3.52. The minimum Gasteiger partial charge on any atom is -0.457 e. The molecule has 1 heterocycles. The van der Waals surface area contributed by atoms with Crippen LogP contribution < -0.4 is 9.64 Å². The lowest BCUT2D eigenvalue weighted by Crippen LogP contribution is -2.24. The Bertz CT molecular complexity index is 927. The van der Waals surface area contributed by atoms with Crippen LogP contribution in [0.2, 0.25) is 0 Å². The molecule has 0 saturated carbocycles. The number of rotatable bonds is 6. The molecule has 0 fully saturated rings. The number of anilines is 1. The number of likely N-dealkylation sites (N-methyl/N-ethyl adjacent to an activating group) is 1. The van der Waals surface area contributed by atoms with E-state index in [0.29, 0.717) is 22.7 Å². The SMILES string of the molecule is C=CC(=O)N(C)c1cc(Oc2ccncc2)cc(C(O)c2ccccc2)c1. The molecule has 1 amide bonds. The second kappa shape index (κ2) is 8.29. The largest absolute Gasteiger partial charge is 0.457 e. The Morgan fingerprint density at radius 3 is 2.44 bits per heavy atom. The highest BCUT2D eigenvalue weighted by Gasteiger charge is 2.16. The number of ether oxygens (including phenoxy) is 1. The number of aromatic nitrogens is 1. The maximum Gasteiger partial charge on any atom is 0.250 e. The molecule has 1 atom stereocenters. The summed E-state index contributed by atoms with van der Waals surface area (Å²) in [7, 11) is 1.65. The second-order valence-electron chi connectivity index (χ2n) is 5.96. The van der Waals surface area contributed by atoms with E-state index in [1.807, 2.05) is 30.3 Å². The highest BCUT2D eigenvalue weighted by Crippen LogP contribution is 2.32. The van der Waals surface area contributed by atoms with Gasteiger partial charge in [-0.25, -0.2) is 0 Å². The lowest BCUT2D eigenvalue weighted by Gasteiger charge is -2.20.